The topological polar surface area (TPSA) is 84.3 Å². The average Bonchev–Trinajstić information content (AvgIpc) is 2.84. The number of benzene rings is 1. The van der Waals surface area contributed by atoms with Gasteiger partial charge in [0.25, 0.3) is 0 Å². The number of halogens is 1. The van der Waals surface area contributed by atoms with Crippen molar-refractivity contribution in [2.24, 2.45) is 0 Å². The molecule has 0 unspecified atom stereocenters. The Bertz CT molecular complexity index is 926. The van der Waals surface area contributed by atoms with Crippen LogP contribution >= 0.6 is 22.9 Å². The standard InChI is InChI=1S/C16H14ClN3O3S/c1-3-23-15(22)12-8(2)11-13(19-16(17)20-14(11)24-12)18-9-5-4-6-10(21)7-9/h4-7,21H,3H2,1-2H3,(H,18,19,20). The van der Waals surface area contributed by atoms with Gasteiger partial charge in [0.2, 0.25) is 5.28 Å². The van der Waals surface area contributed by atoms with E-state index in [1.807, 2.05) is 6.92 Å². The van der Waals surface area contributed by atoms with E-state index in [1.54, 1.807) is 31.2 Å². The monoisotopic (exact) mass is 363 g/mol. The second-order valence-corrected chi connectivity index (χ2v) is 6.31. The van der Waals surface area contributed by atoms with Crippen LogP contribution in [0.1, 0.15) is 22.2 Å². The number of carbonyl (C=O) groups excluding carboxylic acids is 1. The SMILES string of the molecule is CCOC(=O)c1sc2nc(Cl)nc(Nc3cccc(O)c3)c2c1C. The van der Waals surface area contributed by atoms with Gasteiger partial charge in [0.05, 0.1) is 12.0 Å². The number of ether oxygens (including phenoxy) is 1. The van der Waals surface area contributed by atoms with Gasteiger partial charge in [-0.3, -0.25) is 0 Å². The first-order valence-electron chi connectivity index (χ1n) is 7.19. The molecule has 2 heterocycles. The minimum atomic E-state index is -0.391. The maximum absolute atomic E-state index is 12.1. The number of aromatic hydroxyl groups is 1. The number of aromatic nitrogens is 2. The molecule has 3 rings (SSSR count). The van der Waals surface area contributed by atoms with E-state index in [9.17, 15) is 9.90 Å². The largest absolute Gasteiger partial charge is 0.508 e. The number of hydrogen-bond donors (Lipinski definition) is 2. The van der Waals surface area contributed by atoms with E-state index < -0.39 is 5.97 Å². The molecule has 1 aromatic carbocycles. The molecular formula is C16H14ClN3O3S. The number of phenols is 1. The zero-order chi connectivity index (χ0) is 17.3. The third-order valence-corrected chi connectivity index (χ3v) is 4.67. The Morgan fingerprint density at radius 3 is 2.92 bits per heavy atom. The molecule has 0 radical (unpaired) electrons. The highest BCUT2D eigenvalue weighted by molar-refractivity contribution is 7.20. The molecule has 2 aromatic heterocycles. The predicted molar refractivity (Wildman–Crippen MR) is 94.5 cm³/mol. The van der Waals surface area contributed by atoms with E-state index in [0.29, 0.717) is 33.2 Å². The van der Waals surface area contributed by atoms with Gasteiger partial charge in [-0.2, -0.15) is 4.98 Å². The lowest BCUT2D eigenvalue weighted by molar-refractivity contribution is 0.0531. The Morgan fingerprint density at radius 2 is 2.21 bits per heavy atom. The average molecular weight is 364 g/mol. The van der Waals surface area contributed by atoms with E-state index in [4.69, 9.17) is 16.3 Å². The fraction of sp³-hybridized carbons (Fsp3) is 0.188. The van der Waals surface area contributed by atoms with E-state index in [2.05, 4.69) is 15.3 Å². The van der Waals surface area contributed by atoms with Crippen molar-refractivity contribution < 1.29 is 14.6 Å². The van der Waals surface area contributed by atoms with Gasteiger partial charge in [-0.25, -0.2) is 9.78 Å². The molecule has 0 spiro atoms. The molecule has 6 nitrogen and oxygen atoms in total. The summed E-state index contributed by atoms with van der Waals surface area (Å²) in [5, 5.41) is 13.5. The van der Waals surface area contributed by atoms with Crippen molar-refractivity contribution in [3.05, 3.63) is 40.0 Å². The molecule has 0 bridgehead atoms. The fourth-order valence-corrected chi connectivity index (χ4v) is 3.61. The van der Waals surface area contributed by atoms with E-state index in [1.165, 1.54) is 11.3 Å². The van der Waals surface area contributed by atoms with Crippen LogP contribution in [-0.4, -0.2) is 27.7 Å². The first kappa shape index (κ1) is 16.5. The summed E-state index contributed by atoms with van der Waals surface area (Å²) in [4.78, 5) is 21.6. The molecule has 0 saturated carbocycles. The Labute approximate surface area is 147 Å². The molecule has 0 aliphatic heterocycles. The maximum atomic E-state index is 12.1. The Morgan fingerprint density at radius 1 is 1.42 bits per heavy atom. The van der Waals surface area contributed by atoms with Crippen molar-refractivity contribution in [3.8, 4) is 5.75 Å². The van der Waals surface area contributed by atoms with Gasteiger partial charge < -0.3 is 15.2 Å². The summed E-state index contributed by atoms with van der Waals surface area (Å²) in [5.74, 6) is 0.211. The van der Waals surface area contributed by atoms with Gasteiger partial charge in [-0.1, -0.05) is 6.07 Å². The minimum Gasteiger partial charge on any atom is -0.508 e. The minimum absolute atomic E-state index is 0.0711. The molecule has 0 saturated heterocycles. The number of carbonyl (C=O) groups is 1. The van der Waals surface area contributed by atoms with Gasteiger partial charge in [0, 0.05) is 11.8 Å². The van der Waals surface area contributed by atoms with Crippen LogP contribution in [0.15, 0.2) is 24.3 Å². The summed E-state index contributed by atoms with van der Waals surface area (Å²) in [7, 11) is 0. The summed E-state index contributed by atoms with van der Waals surface area (Å²) < 4.78 is 5.08. The van der Waals surface area contributed by atoms with E-state index in [0.717, 1.165) is 5.56 Å². The number of phenolic OH excluding ortho intramolecular Hbond substituents is 1. The summed E-state index contributed by atoms with van der Waals surface area (Å²) in [5.41, 5.74) is 1.38. The van der Waals surface area contributed by atoms with Crippen molar-refractivity contribution in [1.82, 2.24) is 9.97 Å². The molecule has 3 aromatic rings. The Balaban J connectivity index is 2.11. The van der Waals surface area contributed by atoms with Crippen LogP contribution in [-0.2, 0) is 4.74 Å². The smallest absolute Gasteiger partial charge is 0.348 e. The van der Waals surface area contributed by atoms with Crippen LogP contribution in [0.2, 0.25) is 5.28 Å². The fourth-order valence-electron chi connectivity index (χ4n) is 2.31. The lowest BCUT2D eigenvalue weighted by atomic mass is 10.2. The Kier molecular flexibility index (Phi) is 4.55. The van der Waals surface area contributed by atoms with Gasteiger partial charge in [0.1, 0.15) is 21.3 Å². The van der Waals surface area contributed by atoms with E-state index in [-0.39, 0.29) is 11.0 Å². The quantitative estimate of drug-likeness (QED) is 0.531. The summed E-state index contributed by atoms with van der Waals surface area (Å²) in [6.07, 6.45) is 0. The van der Waals surface area contributed by atoms with Crippen LogP contribution in [0.5, 0.6) is 5.75 Å². The zero-order valence-corrected chi connectivity index (χ0v) is 14.5. The van der Waals surface area contributed by atoms with Crippen molar-refractivity contribution >= 4 is 50.6 Å². The lowest BCUT2D eigenvalue weighted by Crippen LogP contribution is -2.03. The lowest BCUT2D eigenvalue weighted by Gasteiger charge is -2.08. The molecule has 0 aliphatic rings. The van der Waals surface area contributed by atoms with Crippen LogP contribution in [0.4, 0.5) is 11.5 Å². The first-order valence-corrected chi connectivity index (χ1v) is 8.39. The van der Waals surface area contributed by atoms with Gasteiger partial charge >= 0.3 is 5.97 Å². The highest BCUT2D eigenvalue weighted by Gasteiger charge is 2.21. The number of esters is 1. The molecular weight excluding hydrogens is 350 g/mol. The molecule has 0 atom stereocenters. The van der Waals surface area contributed by atoms with Gasteiger partial charge in [-0.05, 0) is 43.1 Å². The van der Waals surface area contributed by atoms with Crippen LogP contribution in [0.3, 0.4) is 0 Å². The molecule has 8 heteroatoms. The number of hydrogen-bond acceptors (Lipinski definition) is 7. The molecule has 0 aliphatic carbocycles. The highest BCUT2D eigenvalue weighted by atomic mass is 35.5. The molecule has 2 N–H and O–H groups in total. The van der Waals surface area contributed by atoms with Crippen molar-refractivity contribution in [2.75, 3.05) is 11.9 Å². The third-order valence-electron chi connectivity index (χ3n) is 3.33. The Hall–Kier alpha value is -2.38. The van der Waals surface area contributed by atoms with Crippen LogP contribution in [0, 0.1) is 6.92 Å². The highest BCUT2D eigenvalue weighted by Crippen LogP contribution is 2.36. The maximum Gasteiger partial charge on any atom is 0.348 e. The van der Waals surface area contributed by atoms with Crippen molar-refractivity contribution in [1.29, 1.82) is 0 Å². The third kappa shape index (κ3) is 3.13. The molecule has 0 amide bonds. The second-order valence-electron chi connectivity index (χ2n) is 4.97. The summed E-state index contributed by atoms with van der Waals surface area (Å²) in [6.45, 7) is 3.87. The van der Waals surface area contributed by atoms with Crippen LogP contribution < -0.4 is 5.32 Å². The van der Waals surface area contributed by atoms with Gasteiger partial charge in [0.15, 0.2) is 0 Å². The second kappa shape index (κ2) is 6.62. The number of nitrogens with zero attached hydrogens (tertiary/aromatic N) is 2. The number of rotatable bonds is 4. The van der Waals surface area contributed by atoms with E-state index >= 15 is 0 Å². The summed E-state index contributed by atoms with van der Waals surface area (Å²) >= 11 is 7.22. The number of aryl methyl sites for hydroxylation is 1. The number of thiophene rings is 1. The van der Waals surface area contributed by atoms with Gasteiger partial charge in [-0.15, -0.1) is 11.3 Å². The number of anilines is 2. The van der Waals surface area contributed by atoms with Crippen LogP contribution in [0.25, 0.3) is 10.2 Å². The predicted octanol–water partition coefficient (Wildman–Crippen LogP) is 4.28. The summed E-state index contributed by atoms with van der Waals surface area (Å²) in [6, 6.07) is 6.63. The van der Waals surface area contributed by atoms with Crippen molar-refractivity contribution in [3.63, 3.8) is 0 Å². The number of fused-ring (bicyclic) bond motifs is 1. The number of nitrogens with one attached hydrogen (secondary N) is 1. The van der Waals surface area contributed by atoms with Crippen molar-refractivity contribution in [2.45, 2.75) is 13.8 Å². The first-order chi connectivity index (χ1) is 11.5. The molecule has 124 valence electrons. The molecule has 24 heavy (non-hydrogen) atoms. The molecule has 0 fully saturated rings. The normalized spacial score (nSPS) is 10.8. The zero-order valence-electron chi connectivity index (χ0n) is 13.0.